The van der Waals surface area contributed by atoms with Gasteiger partial charge < -0.3 is 5.32 Å². The predicted octanol–water partition coefficient (Wildman–Crippen LogP) is 5.14. The molecule has 2 rings (SSSR count). The van der Waals surface area contributed by atoms with Crippen molar-refractivity contribution in [3.63, 3.8) is 0 Å². The van der Waals surface area contributed by atoms with Crippen molar-refractivity contribution in [1.29, 1.82) is 0 Å². The number of rotatable bonds is 0. The molecule has 1 N–H and O–H groups in total. The molecule has 0 saturated carbocycles. The van der Waals surface area contributed by atoms with Gasteiger partial charge in [0.15, 0.2) is 0 Å². The molecule has 6 heteroatoms. The Kier molecular flexibility index (Phi) is 36.1. The van der Waals surface area contributed by atoms with Crippen molar-refractivity contribution in [2.45, 2.75) is 41.0 Å². The Morgan fingerprint density at radius 3 is 1.70 bits per heavy atom. The molecule has 1 aromatic heterocycles. The van der Waals surface area contributed by atoms with Gasteiger partial charge in [0.1, 0.15) is 5.82 Å². The molecule has 0 aliphatic carbocycles. The van der Waals surface area contributed by atoms with E-state index in [2.05, 4.69) is 67.4 Å². The van der Waals surface area contributed by atoms with Crippen LogP contribution in [-0.4, -0.2) is 23.1 Å². The Hall–Kier alpha value is 0.824. The fourth-order valence-corrected chi connectivity index (χ4v) is 0.946. The first-order valence-corrected chi connectivity index (χ1v) is 15.8. The molecule has 0 saturated heterocycles. The number of nitrogens with one attached hydrogen (secondary N) is 1. The summed E-state index contributed by atoms with van der Waals surface area (Å²) < 4.78 is 0. The Balaban J connectivity index is -0.000000203. The van der Waals surface area contributed by atoms with Crippen molar-refractivity contribution < 1.29 is 9.47 Å². The Morgan fingerprint density at radius 2 is 1.55 bits per heavy atom. The molecule has 1 aliphatic rings. The van der Waals surface area contributed by atoms with Crippen LogP contribution in [0.1, 0.15) is 39.9 Å². The molecule has 117 valence electrons. The van der Waals surface area contributed by atoms with Crippen LogP contribution in [0.3, 0.4) is 0 Å². The van der Waals surface area contributed by atoms with Crippen molar-refractivity contribution >= 4 is 40.0 Å². The van der Waals surface area contributed by atoms with Gasteiger partial charge in [-0.2, -0.15) is 0 Å². The minimum absolute atomic E-state index is 0.628. The zero-order valence-electron chi connectivity index (χ0n) is 13.1. The van der Waals surface area contributed by atoms with Crippen LogP contribution in [0, 0.1) is 6.92 Å². The summed E-state index contributed by atoms with van der Waals surface area (Å²) in [6.45, 7) is 12.1. The third-order valence-electron chi connectivity index (χ3n) is 1.61. The zero-order valence-corrected chi connectivity index (χ0v) is 18.8. The summed E-state index contributed by atoms with van der Waals surface area (Å²) in [5, 5.41) is 3.20. The van der Waals surface area contributed by atoms with E-state index in [0.29, 0.717) is 9.47 Å². The number of nitrogens with zero attached hydrogens (tertiary/aromatic N) is 2. The molecule has 0 radical (unpaired) electrons. The SMILES string of the molecule is C1=CCNCC1.CC.CC.Cc1ncccn1.[I][V][I]. The van der Waals surface area contributed by atoms with Gasteiger partial charge in [-0.15, -0.1) is 0 Å². The van der Waals surface area contributed by atoms with E-state index in [4.69, 9.17) is 0 Å². The molecule has 2 heterocycles. The summed E-state index contributed by atoms with van der Waals surface area (Å²) in [4.78, 5) is 7.74. The number of aryl methyl sites for hydroxylation is 1. The molecule has 20 heavy (non-hydrogen) atoms. The zero-order chi connectivity index (χ0) is 16.1. The van der Waals surface area contributed by atoms with Crippen molar-refractivity contribution in [1.82, 2.24) is 15.3 Å². The normalized spacial score (nSPS) is 10.8. The molecular weight excluding hydrogens is 515 g/mol. The quantitative estimate of drug-likeness (QED) is 0.365. The van der Waals surface area contributed by atoms with Crippen molar-refractivity contribution in [2.75, 3.05) is 13.1 Å². The monoisotopic (exact) mass is 542 g/mol. The number of aromatic nitrogens is 2. The summed E-state index contributed by atoms with van der Waals surface area (Å²) in [6.07, 6.45) is 9.02. The van der Waals surface area contributed by atoms with E-state index >= 15 is 0 Å². The third-order valence-corrected chi connectivity index (χ3v) is 1.61. The molecule has 3 nitrogen and oxygen atoms in total. The fraction of sp³-hybridized carbons (Fsp3) is 0.571. The summed E-state index contributed by atoms with van der Waals surface area (Å²) in [5.41, 5.74) is 0. The van der Waals surface area contributed by atoms with Crippen molar-refractivity contribution in [3.05, 3.63) is 36.4 Å². The van der Waals surface area contributed by atoms with Crippen LogP contribution < -0.4 is 5.32 Å². The Labute approximate surface area is 154 Å². The average Bonchev–Trinajstić information content (AvgIpc) is 2.55. The maximum atomic E-state index is 3.87. The van der Waals surface area contributed by atoms with Gasteiger partial charge in [0.25, 0.3) is 0 Å². The molecule has 0 bridgehead atoms. The van der Waals surface area contributed by atoms with Gasteiger partial charge in [-0.3, -0.25) is 0 Å². The Bertz CT molecular complexity index is 264. The van der Waals surface area contributed by atoms with Gasteiger partial charge in [-0.05, 0) is 26.0 Å². The van der Waals surface area contributed by atoms with E-state index < -0.39 is 0 Å². The van der Waals surface area contributed by atoms with E-state index in [9.17, 15) is 0 Å². The maximum absolute atomic E-state index is 3.87. The van der Waals surface area contributed by atoms with Gasteiger partial charge in [0.05, 0.1) is 0 Å². The molecule has 0 aromatic carbocycles. The average molecular weight is 542 g/mol. The van der Waals surface area contributed by atoms with Gasteiger partial charge in [-0.25, -0.2) is 9.97 Å². The summed E-state index contributed by atoms with van der Waals surface area (Å²) in [7, 11) is 0.628. The molecule has 0 spiro atoms. The summed E-state index contributed by atoms with van der Waals surface area (Å²) in [5.74, 6) is 0.822. The van der Waals surface area contributed by atoms with Gasteiger partial charge in [0, 0.05) is 18.9 Å². The number of hydrogen-bond donors (Lipinski definition) is 1. The van der Waals surface area contributed by atoms with E-state index in [1.807, 2.05) is 34.6 Å². The van der Waals surface area contributed by atoms with Gasteiger partial charge in [-0.1, -0.05) is 39.8 Å². The first-order valence-electron chi connectivity index (χ1n) is 6.83. The van der Waals surface area contributed by atoms with E-state index in [0.717, 1.165) is 18.9 Å². The van der Waals surface area contributed by atoms with E-state index in [1.54, 1.807) is 18.5 Å². The first kappa shape index (κ1) is 25.8. The molecule has 0 unspecified atom stereocenters. The van der Waals surface area contributed by atoms with Crippen molar-refractivity contribution in [2.24, 2.45) is 0 Å². The Morgan fingerprint density at radius 1 is 1.05 bits per heavy atom. The standard InChI is InChI=1S/C5H6N2.C5H9N.2C2H6.2HI.V/c1-5-6-3-2-4-7-5;1-2-4-6-5-3-1;2*1-2;;;/h2-4H,1H3;1-2,6H,3-5H2;2*1-2H3;2*1H;/q;;;;;;+2/p-2. The molecule has 0 fully saturated rings. The van der Waals surface area contributed by atoms with Crippen LogP contribution in [-0.2, 0) is 9.47 Å². The predicted molar refractivity (Wildman–Crippen MR) is 104 cm³/mol. The van der Waals surface area contributed by atoms with Crippen LogP contribution in [0.5, 0.6) is 0 Å². The summed E-state index contributed by atoms with van der Waals surface area (Å²) in [6, 6.07) is 1.80. The van der Waals surface area contributed by atoms with E-state index in [-0.39, 0.29) is 0 Å². The van der Waals surface area contributed by atoms with E-state index in [1.165, 1.54) is 6.42 Å². The second-order valence-corrected chi connectivity index (χ2v) is 14.6. The third kappa shape index (κ3) is 27.2. The van der Waals surface area contributed by atoms with Crippen LogP contribution in [0.25, 0.3) is 0 Å². The number of halogens is 2. The first-order chi connectivity index (χ1) is 9.81. The molecular formula is C14H27I2N3V. The van der Waals surface area contributed by atoms with Gasteiger partial charge >= 0.3 is 49.4 Å². The van der Waals surface area contributed by atoms with Crippen LogP contribution in [0.4, 0.5) is 0 Å². The van der Waals surface area contributed by atoms with Crippen LogP contribution >= 0.6 is 40.0 Å². The molecule has 1 aliphatic heterocycles. The topological polar surface area (TPSA) is 37.8 Å². The molecule has 0 atom stereocenters. The fourth-order valence-electron chi connectivity index (χ4n) is 0.946. The molecule has 0 amide bonds. The number of hydrogen-bond acceptors (Lipinski definition) is 3. The minimum atomic E-state index is 0.628. The van der Waals surface area contributed by atoms with Crippen LogP contribution in [0.2, 0.25) is 0 Å². The van der Waals surface area contributed by atoms with Crippen molar-refractivity contribution in [3.8, 4) is 0 Å². The van der Waals surface area contributed by atoms with Crippen LogP contribution in [0.15, 0.2) is 30.6 Å². The van der Waals surface area contributed by atoms with Gasteiger partial charge in [0.2, 0.25) is 0 Å². The second-order valence-electron chi connectivity index (χ2n) is 2.82. The molecule has 1 aromatic rings. The summed E-state index contributed by atoms with van der Waals surface area (Å²) >= 11 is 4.74. The second kappa shape index (κ2) is 28.1.